The highest BCUT2D eigenvalue weighted by Crippen LogP contribution is 2.37. The largest absolute Gasteiger partial charge is 0.301 e. The maximum absolute atomic E-state index is 2.42. The Kier molecular flexibility index (Phi) is 49.2. The summed E-state index contributed by atoms with van der Waals surface area (Å²) in [6.45, 7) is 38.6. The molecule has 218 valence electrons. The molecule has 0 N–H and O–H groups in total. The Balaban J connectivity index is -0.0000000568. The van der Waals surface area contributed by atoms with Crippen LogP contribution >= 0.6 is 0 Å². The molecule has 0 unspecified atom stereocenters. The first-order chi connectivity index (χ1) is 14.3. The minimum atomic E-state index is 0. The number of hydrogen-bond acceptors (Lipinski definition) is 1. The van der Waals surface area contributed by atoms with Gasteiger partial charge in [0.15, 0.2) is 0 Å². The van der Waals surface area contributed by atoms with Crippen molar-refractivity contribution in [3.8, 4) is 0 Å². The molecular weight excluding hydrogens is 410 g/mol. The molecule has 0 aromatic rings. The second kappa shape index (κ2) is 33.0. The van der Waals surface area contributed by atoms with Gasteiger partial charge in [-0.25, -0.2) is 0 Å². The lowest BCUT2D eigenvalue weighted by molar-refractivity contribution is 0.162. The lowest BCUT2D eigenvalue weighted by Crippen LogP contribution is -2.29. The molecule has 0 fully saturated rings. The summed E-state index contributed by atoms with van der Waals surface area (Å²) < 4.78 is 0. The van der Waals surface area contributed by atoms with E-state index in [9.17, 15) is 0 Å². The molecule has 0 rings (SSSR count). The summed E-state index contributed by atoms with van der Waals surface area (Å²) in [4.78, 5) is 2.42. The first-order valence-electron chi connectivity index (χ1n) is 14.1. The van der Waals surface area contributed by atoms with Crippen molar-refractivity contribution in [2.24, 2.45) is 29.1 Å². The standard InChI is InChI=1S/C10H22.C8H18.C7H17N.C5H12.3CH4/c1-6-10(7-2,8-3)9(4)5;2*1-5-8(6-2)7(3)4;1-4-5(2)3;;;/h9H,6-8H2,1-5H3;7-8H,5-6H2,1-4H3;7H,5-6H2,1-4H3;5H,4H2,1-3H3;3*1H4. The van der Waals surface area contributed by atoms with Crippen LogP contribution in [0.2, 0.25) is 0 Å². The van der Waals surface area contributed by atoms with E-state index in [4.69, 9.17) is 0 Å². The predicted octanol–water partition coefficient (Wildman–Crippen LogP) is 12.6. The average molecular weight is 492 g/mol. The number of rotatable bonds is 11. The van der Waals surface area contributed by atoms with E-state index >= 15 is 0 Å². The molecule has 0 spiro atoms. The van der Waals surface area contributed by atoms with Gasteiger partial charge in [-0.15, -0.1) is 0 Å². The molecule has 0 aromatic carbocycles. The normalized spacial score (nSPS) is 10.4. The topological polar surface area (TPSA) is 3.24 Å². The molecule has 0 aromatic heterocycles. The number of nitrogens with zero attached hydrogens (tertiary/aromatic N) is 1. The van der Waals surface area contributed by atoms with Crippen molar-refractivity contribution < 1.29 is 0 Å². The van der Waals surface area contributed by atoms with Crippen LogP contribution < -0.4 is 0 Å². The third-order valence-corrected chi connectivity index (χ3v) is 7.69. The van der Waals surface area contributed by atoms with E-state index in [2.05, 4.69) is 116 Å². The lowest BCUT2D eigenvalue weighted by atomic mass is 9.71. The highest BCUT2D eigenvalue weighted by atomic mass is 15.1. The summed E-state index contributed by atoms with van der Waals surface area (Å²) in [6, 6.07) is 0.713. The average Bonchev–Trinajstić information content (AvgIpc) is 2.72. The molecule has 0 radical (unpaired) electrons. The van der Waals surface area contributed by atoms with Gasteiger partial charge in [-0.2, -0.15) is 0 Å². The third-order valence-electron chi connectivity index (χ3n) is 7.69. The highest BCUT2D eigenvalue weighted by Gasteiger charge is 2.27. The predicted molar refractivity (Wildman–Crippen MR) is 170 cm³/mol. The fraction of sp³-hybridized carbons (Fsp3) is 1.00. The second-order valence-electron chi connectivity index (χ2n) is 10.5. The summed E-state index contributed by atoms with van der Waals surface area (Å²) in [5, 5.41) is 0. The van der Waals surface area contributed by atoms with Crippen LogP contribution in [0, 0.1) is 29.1 Å². The van der Waals surface area contributed by atoms with E-state index in [0.29, 0.717) is 11.5 Å². The van der Waals surface area contributed by atoms with Crippen molar-refractivity contribution in [2.75, 3.05) is 13.1 Å². The summed E-state index contributed by atoms with van der Waals surface area (Å²) >= 11 is 0. The maximum atomic E-state index is 2.42. The molecule has 0 aliphatic heterocycles. The van der Waals surface area contributed by atoms with Gasteiger partial charge in [0.1, 0.15) is 0 Å². The van der Waals surface area contributed by atoms with Crippen molar-refractivity contribution in [1.82, 2.24) is 4.90 Å². The SMILES string of the molecule is C.C.C.CCC(C)C.CCC(CC)(CC)C(C)C.CCC(CC)C(C)C.CCN(CC)C(C)C. The highest BCUT2D eigenvalue weighted by molar-refractivity contribution is 4.77. The van der Waals surface area contributed by atoms with Gasteiger partial charge in [-0.1, -0.05) is 158 Å². The van der Waals surface area contributed by atoms with Gasteiger partial charge in [0, 0.05) is 6.04 Å². The van der Waals surface area contributed by atoms with E-state index in [-0.39, 0.29) is 22.3 Å². The lowest BCUT2D eigenvalue weighted by Gasteiger charge is -2.34. The zero-order valence-corrected chi connectivity index (χ0v) is 25.5. The van der Waals surface area contributed by atoms with Gasteiger partial charge < -0.3 is 4.90 Å². The van der Waals surface area contributed by atoms with E-state index in [1.165, 1.54) is 51.6 Å². The smallest absolute Gasteiger partial charge is 0.00383 e. The molecule has 0 aliphatic rings. The molecule has 1 heteroatoms. The van der Waals surface area contributed by atoms with Crippen LogP contribution in [0.15, 0.2) is 0 Å². The zero-order chi connectivity index (χ0) is 25.6. The molecule has 0 aliphatic carbocycles. The van der Waals surface area contributed by atoms with E-state index in [0.717, 1.165) is 23.7 Å². The van der Waals surface area contributed by atoms with Crippen molar-refractivity contribution in [3.05, 3.63) is 0 Å². The van der Waals surface area contributed by atoms with Gasteiger partial charge in [0.05, 0.1) is 0 Å². The van der Waals surface area contributed by atoms with E-state index in [1.807, 2.05) is 0 Å². The van der Waals surface area contributed by atoms with Crippen LogP contribution in [0.3, 0.4) is 0 Å². The Morgan fingerprint density at radius 3 is 0.824 bits per heavy atom. The first-order valence-corrected chi connectivity index (χ1v) is 14.1. The molecule has 0 bridgehead atoms. The Morgan fingerprint density at radius 2 is 0.824 bits per heavy atom. The quantitative estimate of drug-likeness (QED) is 0.277. The molecule has 0 saturated heterocycles. The fourth-order valence-corrected chi connectivity index (χ4v) is 4.16. The van der Waals surface area contributed by atoms with Crippen molar-refractivity contribution >= 4 is 0 Å². The molecule has 0 amide bonds. The van der Waals surface area contributed by atoms with Gasteiger partial charge in [0.25, 0.3) is 0 Å². The van der Waals surface area contributed by atoms with Crippen LogP contribution in [-0.4, -0.2) is 24.0 Å². The summed E-state index contributed by atoms with van der Waals surface area (Å²) in [7, 11) is 0. The van der Waals surface area contributed by atoms with Crippen LogP contribution in [-0.2, 0) is 0 Å². The van der Waals surface area contributed by atoms with Crippen LogP contribution in [0.25, 0.3) is 0 Å². The fourth-order valence-electron chi connectivity index (χ4n) is 4.16. The second-order valence-corrected chi connectivity index (χ2v) is 10.5. The van der Waals surface area contributed by atoms with Crippen LogP contribution in [0.5, 0.6) is 0 Å². The van der Waals surface area contributed by atoms with Crippen molar-refractivity contribution in [2.45, 2.75) is 178 Å². The molecule has 34 heavy (non-hydrogen) atoms. The minimum absolute atomic E-state index is 0. The molecule has 0 heterocycles. The van der Waals surface area contributed by atoms with Crippen molar-refractivity contribution in [1.29, 1.82) is 0 Å². The van der Waals surface area contributed by atoms with E-state index in [1.54, 1.807) is 0 Å². The van der Waals surface area contributed by atoms with Gasteiger partial charge >= 0.3 is 0 Å². The summed E-state index contributed by atoms with van der Waals surface area (Å²) in [5.74, 6) is 3.56. The minimum Gasteiger partial charge on any atom is -0.301 e. The monoisotopic (exact) mass is 492 g/mol. The molecule has 1 nitrogen and oxygen atoms in total. The van der Waals surface area contributed by atoms with Gasteiger partial charge in [-0.05, 0) is 56.0 Å². The first kappa shape index (κ1) is 50.8. The van der Waals surface area contributed by atoms with Crippen molar-refractivity contribution in [3.63, 3.8) is 0 Å². The maximum Gasteiger partial charge on any atom is 0.00383 e. The third kappa shape index (κ3) is 28.2. The molecular formula is C33H81N. The van der Waals surface area contributed by atoms with Crippen LogP contribution in [0.4, 0.5) is 0 Å². The Hall–Kier alpha value is -0.0400. The summed E-state index contributed by atoms with van der Waals surface area (Å²) in [6.07, 6.45) is 7.98. The van der Waals surface area contributed by atoms with Gasteiger partial charge in [0.2, 0.25) is 0 Å². The van der Waals surface area contributed by atoms with Crippen LogP contribution in [0.1, 0.15) is 172 Å². The Bertz CT molecular complexity index is 280. The van der Waals surface area contributed by atoms with Gasteiger partial charge in [-0.3, -0.25) is 0 Å². The number of hydrogen-bond donors (Lipinski definition) is 0. The van der Waals surface area contributed by atoms with E-state index < -0.39 is 0 Å². The summed E-state index contributed by atoms with van der Waals surface area (Å²) in [5.41, 5.74) is 0.625. The Morgan fingerprint density at radius 1 is 0.529 bits per heavy atom. The Labute approximate surface area is 224 Å². The molecule has 0 saturated carbocycles. The molecule has 0 atom stereocenters. The zero-order valence-electron chi connectivity index (χ0n) is 25.5.